The zero-order valence-corrected chi connectivity index (χ0v) is 12.9. The van der Waals surface area contributed by atoms with Gasteiger partial charge in [0.25, 0.3) is 0 Å². The molecule has 0 atom stereocenters. The van der Waals surface area contributed by atoms with Gasteiger partial charge in [-0.3, -0.25) is 9.59 Å². The Balaban J connectivity index is 1.77. The number of halogens is 1. The Morgan fingerprint density at radius 2 is 1.74 bits per heavy atom. The fraction of sp³-hybridized carbons (Fsp3) is 0.214. The Hall–Kier alpha value is -2.32. The van der Waals surface area contributed by atoms with Gasteiger partial charge in [0.1, 0.15) is 24.4 Å². The number of carbonyl (C=O) groups is 2. The van der Waals surface area contributed by atoms with Gasteiger partial charge in [0.15, 0.2) is 0 Å². The highest BCUT2D eigenvalue weighted by Crippen LogP contribution is 2.34. The average Bonchev–Trinajstić information content (AvgIpc) is 3.09. The molecule has 2 aliphatic heterocycles. The Labute approximate surface area is 136 Å². The SMILES string of the molecule is C[N+]12CC(=O)O[B-]1(c1cc(-c3ccc(Cl)cc3)no1)OC(=O)C2. The quantitative estimate of drug-likeness (QED) is 0.752. The van der Waals surface area contributed by atoms with Crippen LogP contribution in [0.1, 0.15) is 0 Å². The van der Waals surface area contributed by atoms with Crippen molar-refractivity contribution in [3.8, 4) is 11.3 Å². The highest BCUT2D eigenvalue weighted by Gasteiger charge is 2.68. The van der Waals surface area contributed by atoms with Crippen molar-refractivity contribution >= 4 is 35.9 Å². The number of aromatic nitrogens is 1. The Bertz CT molecular complexity index is 799. The van der Waals surface area contributed by atoms with E-state index in [-0.39, 0.29) is 23.1 Å². The molecule has 0 unspecified atom stereocenters. The predicted octanol–water partition coefficient (Wildman–Crippen LogP) is 0.701. The lowest BCUT2D eigenvalue weighted by atomic mass is 9.65. The second-order valence-corrected chi connectivity index (χ2v) is 6.51. The minimum atomic E-state index is -2.39. The molecule has 118 valence electrons. The van der Waals surface area contributed by atoms with E-state index in [0.717, 1.165) is 5.56 Å². The Kier molecular flexibility index (Phi) is 2.85. The fourth-order valence-corrected chi connectivity index (χ4v) is 3.36. The largest absolute Gasteiger partial charge is 0.651 e. The van der Waals surface area contributed by atoms with Gasteiger partial charge < -0.3 is 18.2 Å². The van der Waals surface area contributed by atoms with Gasteiger partial charge in [-0.2, -0.15) is 0 Å². The third-order valence-electron chi connectivity index (χ3n) is 4.41. The van der Waals surface area contributed by atoms with E-state index in [1.54, 1.807) is 37.4 Å². The van der Waals surface area contributed by atoms with E-state index in [1.807, 2.05) is 0 Å². The maximum atomic E-state index is 11.8. The van der Waals surface area contributed by atoms with Crippen LogP contribution in [0.3, 0.4) is 0 Å². The van der Waals surface area contributed by atoms with Crippen molar-refractivity contribution in [1.29, 1.82) is 0 Å². The number of likely N-dealkylation sites (N-methyl/N-ethyl adjacent to an activating group) is 1. The molecule has 3 heterocycles. The second-order valence-electron chi connectivity index (χ2n) is 6.07. The molecule has 9 heteroatoms. The van der Waals surface area contributed by atoms with E-state index in [2.05, 4.69) is 5.16 Å². The lowest BCUT2D eigenvalue weighted by molar-refractivity contribution is -0.791. The molecule has 0 aliphatic carbocycles. The summed E-state index contributed by atoms with van der Waals surface area (Å²) in [5.41, 5.74) is 1.58. The summed E-state index contributed by atoms with van der Waals surface area (Å²) in [6, 6.07) is 8.70. The van der Waals surface area contributed by atoms with Crippen molar-refractivity contribution in [2.24, 2.45) is 0 Å². The van der Waals surface area contributed by atoms with Gasteiger partial charge in [0.05, 0.1) is 0 Å². The summed E-state index contributed by atoms with van der Waals surface area (Å²) in [6.45, 7) is -2.27. The van der Waals surface area contributed by atoms with Crippen molar-refractivity contribution in [1.82, 2.24) is 5.16 Å². The molecule has 0 spiro atoms. The highest BCUT2D eigenvalue weighted by atomic mass is 35.5. The normalized spacial score (nSPS) is 29.3. The maximum Gasteiger partial charge on any atom is 0.651 e. The Morgan fingerprint density at radius 3 is 2.35 bits per heavy atom. The van der Waals surface area contributed by atoms with Crippen molar-refractivity contribution < 1.29 is 27.8 Å². The molecule has 7 nitrogen and oxygen atoms in total. The van der Waals surface area contributed by atoms with Crippen molar-refractivity contribution in [3.05, 3.63) is 35.4 Å². The number of nitrogens with zero attached hydrogens (tertiary/aromatic N) is 2. The first-order valence-electron chi connectivity index (χ1n) is 7.07. The van der Waals surface area contributed by atoms with E-state index >= 15 is 0 Å². The van der Waals surface area contributed by atoms with Crippen molar-refractivity contribution in [2.75, 3.05) is 20.1 Å². The lowest BCUT2D eigenvalue weighted by Crippen LogP contribution is -2.67. The molecule has 0 radical (unpaired) electrons. The van der Waals surface area contributed by atoms with Gasteiger partial charge in [-0.15, -0.1) is 0 Å². The standard InChI is InChI=1S/C14H12BClN2O5/c1-18-7-13(19)21-15(18,22-14(20)8-18)12-6-11(17-23-12)9-2-4-10(16)5-3-9/h2-6H,7-8H2,1H3. The molecule has 0 amide bonds. The topological polar surface area (TPSA) is 78.6 Å². The number of hydrogen-bond donors (Lipinski definition) is 0. The van der Waals surface area contributed by atoms with E-state index in [0.29, 0.717) is 10.7 Å². The van der Waals surface area contributed by atoms with E-state index in [1.165, 1.54) is 0 Å². The van der Waals surface area contributed by atoms with Crippen LogP contribution in [0.25, 0.3) is 11.3 Å². The molecular formula is C14H12BClN2O5. The molecule has 0 saturated carbocycles. The summed E-state index contributed by atoms with van der Waals surface area (Å²) < 4.78 is 16.2. The fourth-order valence-electron chi connectivity index (χ4n) is 3.24. The van der Waals surface area contributed by atoms with Crippen LogP contribution in [0.4, 0.5) is 0 Å². The Morgan fingerprint density at radius 1 is 1.13 bits per heavy atom. The van der Waals surface area contributed by atoms with Crippen LogP contribution < -0.4 is 5.66 Å². The number of benzene rings is 1. The molecule has 2 aromatic rings. The molecule has 0 N–H and O–H groups in total. The molecule has 23 heavy (non-hydrogen) atoms. The van der Waals surface area contributed by atoms with Crippen LogP contribution in [0.5, 0.6) is 0 Å². The number of quaternary nitrogens is 1. The summed E-state index contributed by atoms with van der Waals surface area (Å²) in [6.07, 6.45) is 0. The van der Waals surface area contributed by atoms with Crippen molar-refractivity contribution in [2.45, 2.75) is 0 Å². The highest BCUT2D eigenvalue weighted by molar-refractivity contribution is 6.78. The number of rotatable bonds is 2. The maximum absolute atomic E-state index is 11.8. The molecule has 1 aromatic carbocycles. The second kappa shape index (κ2) is 4.59. The van der Waals surface area contributed by atoms with Gasteiger partial charge in [0.2, 0.25) is 0 Å². The van der Waals surface area contributed by atoms with Crippen LogP contribution in [0, 0.1) is 0 Å². The van der Waals surface area contributed by atoms with Gasteiger partial charge in [-0.05, 0) is 18.2 Å². The monoisotopic (exact) mass is 334 g/mol. The minimum absolute atomic E-state index is 0.0208. The third kappa shape index (κ3) is 1.99. The van der Waals surface area contributed by atoms with E-state index < -0.39 is 18.6 Å². The van der Waals surface area contributed by atoms with Crippen LogP contribution in [0.2, 0.25) is 5.02 Å². The molecule has 2 fully saturated rings. The third-order valence-corrected chi connectivity index (χ3v) is 4.66. The molecule has 0 bridgehead atoms. The van der Waals surface area contributed by atoms with Crippen LogP contribution >= 0.6 is 11.6 Å². The first-order valence-corrected chi connectivity index (χ1v) is 7.45. The minimum Gasteiger partial charge on any atom is -0.594 e. The van der Waals surface area contributed by atoms with Gasteiger partial charge in [-0.25, -0.2) is 0 Å². The first-order chi connectivity index (χ1) is 10.9. The van der Waals surface area contributed by atoms with Gasteiger partial charge in [-0.1, -0.05) is 28.9 Å². The summed E-state index contributed by atoms with van der Waals surface area (Å²) in [5.74, 6) is -0.853. The smallest absolute Gasteiger partial charge is 0.594 e. The summed E-state index contributed by atoms with van der Waals surface area (Å²) in [5, 5.41) is 4.61. The molecule has 4 rings (SSSR count). The number of hydrogen-bond acceptors (Lipinski definition) is 6. The van der Waals surface area contributed by atoms with Crippen LogP contribution in [-0.4, -0.2) is 48.3 Å². The molecule has 2 aliphatic rings. The predicted molar refractivity (Wildman–Crippen MR) is 80.4 cm³/mol. The summed E-state index contributed by atoms with van der Waals surface area (Å²) in [7, 11) is 1.74. The first kappa shape index (κ1) is 14.3. The van der Waals surface area contributed by atoms with Gasteiger partial charge >= 0.3 is 18.6 Å². The lowest BCUT2D eigenvalue weighted by Gasteiger charge is -2.37. The van der Waals surface area contributed by atoms with Crippen molar-refractivity contribution in [3.63, 3.8) is 0 Å². The van der Waals surface area contributed by atoms with Crippen LogP contribution in [-0.2, 0) is 18.9 Å². The summed E-state index contributed by atoms with van der Waals surface area (Å²) in [4.78, 5) is 23.5. The number of fused-ring (bicyclic) bond motifs is 1. The molecular weight excluding hydrogens is 322 g/mol. The van der Waals surface area contributed by atoms with Gasteiger partial charge in [0, 0.05) is 17.6 Å². The zero-order valence-electron chi connectivity index (χ0n) is 12.2. The number of carbonyl (C=O) groups excluding carboxylic acids is 2. The summed E-state index contributed by atoms with van der Waals surface area (Å²) >= 11 is 5.87. The average molecular weight is 335 g/mol. The van der Waals surface area contributed by atoms with E-state index in [9.17, 15) is 9.59 Å². The van der Waals surface area contributed by atoms with E-state index in [4.69, 9.17) is 25.4 Å². The van der Waals surface area contributed by atoms with Crippen LogP contribution in [0.15, 0.2) is 34.9 Å². The molecule has 2 saturated heterocycles. The zero-order chi connectivity index (χ0) is 16.2. The molecule has 1 aromatic heterocycles.